The Balaban J connectivity index is 2.90. The molecule has 3 heteroatoms. The topological polar surface area (TPSA) is 9.23 Å². The average molecular weight is 204 g/mol. The van der Waals surface area contributed by atoms with Gasteiger partial charge in [0.05, 0.1) is 16.1 Å². The van der Waals surface area contributed by atoms with Crippen molar-refractivity contribution >= 4 is 23.2 Å². The van der Waals surface area contributed by atoms with Gasteiger partial charge in [-0.1, -0.05) is 23.2 Å². The van der Waals surface area contributed by atoms with E-state index in [1.165, 1.54) is 0 Å². The zero-order valence-corrected chi connectivity index (χ0v) is 8.41. The maximum atomic E-state index is 5.83. The smallest absolute Gasteiger partial charge is 0.139 e. The highest BCUT2D eigenvalue weighted by Gasteiger charge is 2.03. The molecule has 0 amide bonds. The van der Waals surface area contributed by atoms with Gasteiger partial charge in [0, 0.05) is 12.1 Å². The van der Waals surface area contributed by atoms with Crippen molar-refractivity contribution < 1.29 is 4.74 Å². The molecule has 0 bridgehead atoms. The second-order valence-electron chi connectivity index (χ2n) is 2.66. The molecule has 1 rings (SSSR count). The molecule has 0 aliphatic carbocycles. The van der Waals surface area contributed by atoms with Crippen LogP contribution in [0.1, 0.15) is 13.8 Å². The van der Waals surface area contributed by atoms with Crippen LogP contribution in [0.5, 0.6) is 5.75 Å². The second kappa shape index (κ2) is 4.01. The summed E-state index contributed by atoms with van der Waals surface area (Å²) < 4.78 is 5.39. The number of benzene rings is 1. The molecule has 0 heterocycles. The normalized spacial score (nSPS) is 10.4. The molecule has 1 aromatic rings. The minimum absolute atomic E-state index is 0.0981. The standard InChI is InChI=1S/C9H9Cl2O/c1-6(2)12-9-5-7(10)3-4-8(9)11/h4-6H,1-2H3. The minimum atomic E-state index is 0.0981. The molecule has 0 saturated heterocycles. The molecule has 12 heavy (non-hydrogen) atoms. The van der Waals surface area contributed by atoms with Crippen molar-refractivity contribution in [3.05, 3.63) is 28.2 Å². The van der Waals surface area contributed by atoms with E-state index in [1.54, 1.807) is 12.1 Å². The fraction of sp³-hybridized carbons (Fsp3) is 0.333. The van der Waals surface area contributed by atoms with Crippen LogP contribution in [0.15, 0.2) is 12.1 Å². The molecule has 0 saturated carbocycles. The summed E-state index contributed by atoms with van der Waals surface area (Å²) in [5.74, 6) is 0.607. The van der Waals surface area contributed by atoms with Crippen LogP contribution in [-0.2, 0) is 0 Å². The lowest BCUT2D eigenvalue weighted by atomic mass is 10.3. The maximum absolute atomic E-state index is 5.83. The Morgan fingerprint density at radius 3 is 2.67 bits per heavy atom. The zero-order chi connectivity index (χ0) is 9.14. The van der Waals surface area contributed by atoms with Crippen LogP contribution < -0.4 is 4.74 Å². The van der Waals surface area contributed by atoms with E-state index in [4.69, 9.17) is 27.9 Å². The average Bonchev–Trinajstić information content (AvgIpc) is 1.96. The van der Waals surface area contributed by atoms with Gasteiger partial charge in [-0.2, -0.15) is 0 Å². The van der Waals surface area contributed by atoms with Crippen LogP contribution in [0.3, 0.4) is 0 Å². The van der Waals surface area contributed by atoms with Gasteiger partial charge >= 0.3 is 0 Å². The summed E-state index contributed by atoms with van der Waals surface area (Å²) in [4.78, 5) is 0. The lowest BCUT2D eigenvalue weighted by molar-refractivity contribution is 0.242. The molecule has 1 radical (unpaired) electrons. The minimum Gasteiger partial charge on any atom is -0.489 e. The first-order chi connectivity index (χ1) is 5.59. The highest BCUT2D eigenvalue weighted by Crippen LogP contribution is 2.27. The van der Waals surface area contributed by atoms with Crippen LogP contribution in [0, 0.1) is 6.07 Å². The zero-order valence-electron chi connectivity index (χ0n) is 6.90. The number of hydrogen-bond donors (Lipinski definition) is 0. The Kier molecular flexibility index (Phi) is 3.24. The monoisotopic (exact) mass is 203 g/mol. The summed E-state index contributed by atoms with van der Waals surface area (Å²) in [7, 11) is 0. The van der Waals surface area contributed by atoms with Gasteiger partial charge in [-0.05, 0) is 19.9 Å². The summed E-state index contributed by atoms with van der Waals surface area (Å²) >= 11 is 11.5. The van der Waals surface area contributed by atoms with E-state index in [0.29, 0.717) is 15.8 Å². The predicted octanol–water partition coefficient (Wildman–Crippen LogP) is 3.58. The number of halogens is 2. The van der Waals surface area contributed by atoms with E-state index in [2.05, 4.69) is 6.07 Å². The first kappa shape index (κ1) is 9.69. The molecular formula is C9H9Cl2O. The Morgan fingerprint density at radius 2 is 2.08 bits per heavy atom. The largest absolute Gasteiger partial charge is 0.489 e. The number of ether oxygens (including phenoxy) is 1. The van der Waals surface area contributed by atoms with E-state index in [-0.39, 0.29) is 6.10 Å². The number of rotatable bonds is 2. The van der Waals surface area contributed by atoms with Gasteiger partial charge in [0.2, 0.25) is 0 Å². The lowest BCUT2D eigenvalue weighted by Crippen LogP contribution is -2.05. The van der Waals surface area contributed by atoms with Crippen molar-refractivity contribution in [1.82, 2.24) is 0 Å². The van der Waals surface area contributed by atoms with Crippen LogP contribution in [0.4, 0.5) is 0 Å². The van der Waals surface area contributed by atoms with Gasteiger partial charge in [-0.25, -0.2) is 0 Å². The van der Waals surface area contributed by atoms with Gasteiger partial charge in [0.15, 0.2) is 0 Å². The number of hydrogen-bond acceptors (Lipinski definition) is 1. The van der Waals surface area contributed by atoms with Crippen molar-refractivity contribution in [2.75, 3.05) is 0 Å². The summed E-state index contributed by atoms with van der Waals surface area (Å²) in [5.41, 5.74) is 0. The third-order valence-corrected chi connectivity index (χ3v) is 1.71. The summed E-state index contributed by atoms with van der Waals surface area (Å²) in [6.45, 7) is 3.86. The predicted molar refractivity (Wildman–Crippen MR) is 51.1 cm³/mol. The summed E-state index contributed by atoms with van der Waals surface area (Å²) in [6, 6.07) is 6.02. The highest BCUT2D eigenvalue weighted by atomic mass is 35.5. The van der Waals surface area contributed by atoms with Crippen molar-refractivity contribution in [1.29, 1.82) is 0 Å². The Bertz CT molecular complexity index is 271. The van der Waals surface area contributed by atoms with Gasteiger partial charge in [-0.3, -0.25) is 0 Å². The quantitative estimate of drug-likeness (QED) is 0.715. The molecule has 0 aliphatic rings. The SMILES string of the molecule is CC(C)Oc1cc(Cl)[c]cc1Cl. The Morgan fingerprint density at radius 1 is 1.42 bits per heavy atom. The molecule has 1 aromatic carbocycles. The van der Waals surface area contributed by atoms with E-state index < -0.39 is 0 Å². The first-order valence-corrected chi connectivity index (χ1v) is 4.38. The van der Waals surface area contributed by atoms with Gasteiger partial charge < -0.3 is 4.74 Å². The second-order valence-corrected chi connectivity index (χ2v) is 3.47. The third-order valence-electron chi connectivity index (χ3n) is 1.19. The molecule has 0 aromatic heterocycles. The van der Waals surface area contributed by atoms with Crippen LogP contribution in [-0.4, -0.2) is 6.10 Å². The van der Waals surface area contributed by atoms with Gasteiger partial charge in [0.25, 0.3) is 0 Å². The molecule has 0 fully saturated rings. The molecule has 0 N–H and O–H groups in total. The fourth-order valence-corrected chi connectivity index (χ4v) is 1.08. The molecular weight excluding hydrogens is 195 g/mol. The van der Waals surface area contributed by atoms with Crippen LogP contribution in [0.2, 0.25) is 10.0 Å². The van der Waals surface area contributed by atoms with E-state index >= 15 is 0 Å². The van der Waals surface area contributed by atoms with E-state index in [1.807, 2.05) is 13.8 Å². The van der Waals surface area contributed by atoms with Crippen LogP contribution >= 0.6 is 23.2 Å². The summed E-state index contributed by atoms with van der Waals surface area (Å²) in [6.07, 6.45) is 0.0981. The maximum Gasteiger partial charge on any atom is 0.139 e. The molecule has 0 aliphatic heterocycles. The van der Waals surface area contributed by atoms with Crippen molar-refractivity contribution in [3.63, 3.8) is 0 Å². The highest BCUT2D eigenvalue weighted by molar-refractivity contribution is 6.34. The summed E-state index contributed by atoms with van der Waals surface area (Å²) in [5, 5.41) is 1.04. The van der Waals surface area contributed by atoms with Crippen molar-refractivity contribution in [2.24, 2.45) is 0 Å². The van der Waals surface area contributed by atoms with E-state index in [9.17, 15) is 0 Å². The molecule has 1 nitrogen and oxygen atoms in total. The van der Waals surface area contributed by atoms with Crippen LogP contribution in [0.25, 0.3) is 0 Å². The Hall–Kier alpha value is -0.400. The Labute approximate surface area is 82.2 Å². The van der Waals surface area contributed by atoms with Gasteiger partial charge in [-0.15, -0.1) is 0 Å². The van der Waals surface area contributed by atoms with Gasteiger partial charge in [0.1, 0.15) is 5.75 Å². The fourth-order valence-electron chi connectivity index (χ4n) is 0.773. The third kappa shape index (κ3) is 2.58. The molecule has 65 valence electrons. The van der Waals surface area contributed by atoms with Crippen molar-refractivity contribution in [2.45, 2.75) is 20.0 Å². The molecule has 0 atom stereocenters. The van der Waals surface area contributed by atoms with E-state index in [0.717, 1.165) is 0 Å². The first-order valence-electron chi connectivity index (χ1n) is 3.63. The lowest BCUT2D eigenvalue weighted by Gasteiger charge is -2.10. The molecule has 0 unspecified atom stereocenters. The molecule has 0 spiro atoms. The van der Waals surface area contributed by atoms with Crippen molar-refractivity contribution in [3.8, 4) is 5.75 Å².